The van der Waals surface area contributed by atoms with Crippen molar-refractivity contribution in [2.45, 2.75) is 75.8 Å². The summed E-state index contributed by atoms with van der Waals surface area (Å²) in [5.41, 5.74) is 3.18. The molecule has 0 bridgehead atoms. The van der Waals surface area contributed by atoms with Gasteiger partial charge < -0.3 is 9.88 Å². The van der Waals surface area contributed by atoms with Crippen LogP contribution in [0.25, 0.3) is 22.6 Å². The highest BCUT2D eigenvalue weighted by molar-refractivity contribution is 5.77. The molecule has 0 atom stereocenters. The van der Waals surface area contributed by atoms with Crippen molar-refractivity contribution in [3.63, 3.8) is 0 Å². The van der Waals surface area contributed by atoms with Crippen LogP contribution in [0.2, 0.25) is 0 Å². The number of nitrogens with one attached hydrogen (secondary N) is 1. The number of halogens is 3. The van der Waals surface area contributed by atoms with Crippen molar-refractivity contribution in [3.05, 3.63) is 48.7 Å². The predicted molar refractivity (Wildman–Crippen MR) is 122 cm³/mol. The van der Waals surface area contributed by atoms with Crippen LogP contribution in [0.15, 0.2) is 42.9 Å². The minimum atomic E-state index is -2.57. The van der Waals surface area contributed by atoms with Crippen LogP contribution in [0.3, 0.4) is 0 Å². The quantitative estimate of drug-likeness (QED) is 0.468. The third-order valence-electron chi connectivity index (χ3n) is 6.83. The second-order valence-electron chi connectivity index (χ2n) is 9.19. The van der Waals surface area contributed by atoms with E-state index in [0.29, 0.717) is 24.8 Å². The monoisotopic (exact) mass is 455 g/mol. The fourth-order valence-corrected chi connectivity index (χ4v) is 5.00. The van der Waals surface area contributed by atoms with E-state index in [1.807, 2.05) is 12.4 Å². The van der Waals surface area contributed by atoms with E-state index in [1.165, 1.54) is 31.4 Å². The van der Waals surface area contributed by atoms with Crippen molar-refractivity contribution in [2.75, 3.05) is 5.32 Å². The molecule has 2 fully saturated rings. The number of alkyl halides is 2. The fourth-order valence-electron chi connectivity index (χ4n) is 5.00. The van der Waals surface area contributed by atoms with Crippen molar-refractivity contribution in [2.24, 2.45) is 0 Å². The second-order valence-corrected chi connectivity index (χ2v) is 9.19. The molecule has 5 rings (SSSR count). The van der Waals surface area contributed by atoms with Crippen LogP contribution in [0.1, 0.15) is 63.8 Å². The molecule has 2 aromatic heterocycles. The molecule has 2 aliphatic rings. The number of benzene rings is 1. The predicted octanol–water partition coefficient (Wildman–Crippen LogP) is 6.64. The lowest BCUT2D eigenvalue weighted by Crippen LogP contribution is -2.32. The van der Waals surface area contributed by atoms with Gasteiger partial charge in [-0.15, -0.1) is 0 Å². The van der Waals surface area contributed by atoms with Crippen molar-refractivity contribution in [3.8, 4) is 22.6 Å². The highest BCUT2D eigenvalue weighted by Crippen LogP contribution is 2.38. The van der Waals surface area contributed by atoms with E-state index in [-0.39, 0.29) is 24.7 Å². The largest absolute Gasteiger partial charge is 0.351 e. The maximum Gasteiger partial charge on any atom is 0.248 e. The first-order valence-electron chi connectivity index (χ1n) is 11.8. The highest BCUT2D eigenvalue weighted by Gasteiger charge is 2.35. The van der Waals surface area contributed by atoms with Gasteiger partial charge in [-0.25, -0.2) is 28.1 Å². The molecule has 0 radical (unpaired) electrons. The minimum Gasteiger partial charge on any atom is -0.351 e. The lowest BCUT2D eigenvalue weighted by atomic mass is 9.92. The molecule has 2 heterocycles. The molecule has 0 saturated heterocycles. The first-order chi connectivity index (χ1) is 16.0. The number of rotatable bonds is 5. The van der Waals surface area contributed by atoms with Crippen LogP contribution in [0.5, 0.6) is 0 Å². The summed E-state index contributed by atoms with van der Waals surface area (Å²) in [6, 6.07) is 8.45. The Labute approximate surface area is 191 Å². The van der Waals surface area contributed by atoms with Crippen LogP contribution in [0, 0.1) is 5.82 Å². The van der Waals surface area contributed by atoms with Gasteiger partial charge in [0.25, 0.3) is 0 Å². The number of nitrogens with zero attached hydrogens (tertiary/aromatic N) is 4. The van der Waals surface area contributed by atoms with E-state index < -0.39 is 5.92 Å². The van der Waals surface area contributed by atoms with Gasteiger partial charge in [0.1, 0.15) is 5.82 Å². The summed E-state index contributed by atoms with van der Waals surface area (Å²) in [4.78, 5) is 13.8. The van der Waals surface area contributed by atoms with Crippen molar-refractivity contribution < 1.29 is 13.2 Å². The van der Waals surface area contributed by atoms with Crippen LogP contribution in [-0.2, 0) is 0 Å². The van der Waals surface area contributed by atoms with Crippen LogP contribution in [-0.4, -0.2) is 31.5 Å². The number of anilines is 1. The lowest BCUT2D eigenvalue weighted by Gasteiger charge is -2.29. The second kappa shape index (κ2) is 9.15. The molecule has 0 unspecified atom stereocenters. The van der Waals surface area contributed by atoms with E-state index in [0.717, 1.165) is 35.5 Å². The third kappa shape index (κ3) is 4.89. The topological polar surface area (TPSA) is 55.6 Å². The van der Waals surface area contributed by atoms with E-state index in [4.69, 9.17) is 9.97 Å². The summed E-state index contributed by atoms with van der Waals surface area (Å²) in [7, 11) is 0. The van der Waals surface area contributed by atoms with Crippen molar-refractivity contribution in [1.82, 2.24) is 19.5 Å². The van der Waals surface area contributed by atoms with E-state index >= 15 is 0 Å². The summed E-state index contributed by atoms with van der Waals surface area (Å²) in [5.74, 6) is -2.43. The SMILES string of the molecule is Fc1ccc(-c2ncn(C3CCCCC3)c2-c2ccnc(NC3CCC(F)(F)CC3)n2)cc1. The molecule has 174 valence electrons. The first-order valence-corrected chi connectivity index (χ1v) is 11.8. The lowest BCUT2D eigenvalue weighted by molar-refractivity contribution is -0.0361. The Morgan fingerprint density at radius 1 is 0.909 bits per heavy atom. The maximum absolute atomic E-state index is 13.5. The summed E-state index contributed by atoms with van der Waals surface area (Å²) in [6.07, 6.45) is 9.86. The Hall–Kier alpha value is -2.90. The van der Waals surface area contributed by atoms with Crippen LogP contribution < -0.4 is 5.32 Å². The van der Waals surface area contributed by atoms with Gasteiger partial charge in [0.2, 0.25) is 11.9 Å². The van der Waals surface area contributed by atoms with Gasteiger partial charge in [-0.1, -0.05) is 19.3 Å². The Kier molecular flexibility index (Phi) is 6.08. The fraction of sp³-hybridized carbons (Fsp3) is 0.480. The Morgan fingerprint density at radius 2 is 1.64 bits per heavy atom. The zero-order chi connectivity index (χ0) is 22.8. The number of imidazole rings is 1. The zero-order valence-corrected chi connectivity index (χ0v) is 18.5. The molecule has 3 aromatic rings. The van der Waals surface area contributed by atoms with Gasteiger partial charge in [-0.3, -0.25) is 0 Å². The Bertz CT molecular complexity index is 1080. The van der Waals surface area contributed by atoms with Crippen molar-refractivity contribution >= 4 is 5.95 Å². The Balaban J connectivity index is 1.49. The number of hydrogen-bond donors (Lipinski definition) is 1. The molecular formula is C25H28F3N5. The molecule has 1 aromatic carbocycles. The van der Waals surface area contributed by atoms with E-state index in [2.05, 4.69) is 14.9 Å². The zero-order valence-electron chi connectivity index (χ0n) is 18.5. The molecule has 0 amide bonds. The summed E-state index contributed by atoms with van der Waals surface area (Å²) < 4.78 is 42.8. The van der Waals surface area contributed by atoms with Gasteiger partial charge in [0.05, 0.1) is 23.4 Å². The minimum absolute atomic E-state index is 0.0697. The van der Waals surface area contributed by atoms with E-state index in [1.54, 1.807) is 18.3 Å². The molecule has 1 N–H and O–H groups in total. The summed E-state index contributed by atoms with van der Waals surface area (Å²) in [6.45, 7) is 0. The van der Waals surface area contributed by atoms with Gasteiger partial charge in [0.15, 0.2) is 0 Å². The van der Waals surface area contributed by atoms with Crippen LogP contribution in [0.4, 0.5) is 19.1 Å². The molecule has 2 saturated carbocycles. The molecular weight excluding hydrogens is 427 g/mol. The number of hydrogen-bond acceptors (Lipinski definition) is 4. The number of aromatic nitrogens is 4. The maximum atomic E-state index is 13.5. The smallest absolute Gasteiger partial charge is 0.248 e. The van der Waals surface area contributed by atoms with Crippen LogP contribution >= 0.6 is 0 Å². The van der Waals surface area contributed by atoms with Gasteiger partial charge in [-0.05, 0) is 56.0 Å². The average molecular weight is 456 g/mol. The normalized spacial score (nSPS) is 19.5. The molecule has 33 heavy (non-hydrogen) atoms. The summed E-state index contributed by atoms with van der Waals surface area (Å²) in [5, 5.41) is 3.25. The van der Waals surface area contributed by atoms with E-state index in [9.17, 15) is 13.2 Å². The molecule has 0 spiro atoms. The van der Waals surface area contributed by atoms with Gasteiger partial charge >= 0.3 is 0 Å². The standard InChI is InChI=1S/C25H28F3N5/c26-18-8-6-17(7-9-18)22-23(33(16-30-22)20-4-2-1-3-5-20)21-12-15-29-24(32-21)31-19-10-13-25(27,28)14-11-19/h6-9,12,15-16,19-20H,1-5,10-11,13-14H2,(H,29,31,32). The van der Waals surface area contributed by atoms with Crippen molar-refractivity contribution in [1.29, 1.82) is 0 Å². The summed E-state index contributed by atoms with van der Waals surface area (Å²) >= 11 is 0. The average Bonchev–Trinajstić information content (AvgIpc) is 3.27. The first kappa shape index (κ1) is 21.9. The Morgan fingerprint density at radius 3 is 2.36 bits per heavy atom. The third-order valence-corrected chi connectivity index (χ3v) is 6.83. The molecule has 5 nitrogen and oxygen atoms in total. The van der Waals surface area contributed by atoms with Gasteiger partial charge in [0, 0.05) is 36.7 Å². The molecule has 0 aliphatic heterocycles. The molecule has 2 aliphatic carbocycles. The van der Waals surface area contributed by atoms with Gasteiger partial charge in [-0.2, -0.15) is 0 Å². The highest BCUT2D eigenvalue weighted by atomic mass is 19.3. The molecule has 8 heteroatoms.